The highest BCUT2D eigenvalue weighted by Gasteiger charge is 2.42. The van der Waals surface area contributed by atoms with Crippen LogP contribution in [-0.2, 0) is 4.79 Å². The highest BCUT2D eigenvalue weighted by molar-refractivity contribution is 6.30. The number of nitrogens with one attached hydrogen (secondary N) is 1. The molecule has 2 aliphatic rings. The first-order valence-corrected chi connectivity index (χ1v) is 11.4. The number of ketones is 1. The molecule has 1 aliphatic heterocycles. The van der Waals surface area contributed by atoms with Gasteiger partial charge >= 0.3 is 0 Å². The smallest absolute Gasteiger partial charge is 0.162 e. The van der Waals surface area contributed by atoms with E-state index in [1.165, 1.54) is 0 Å². The van der Waals surface area contributed by atoms with E-state index < -0.39 is 0 Å². The van der Waals surface area contributed by atoms with Gasteiger partial charge in [-0.1, -0.05) is 98.2 Å². The normalized spacial score (nSPS) is 20.1. The Morgan fingerprint density at radius 3 is 2.00 bits per heavy atom. The van der Waals surface area contributed by atoms with Gasteiger partial charge in [0, 0.05) is 28.6 Å². The van der Waals surface area contributed by atoms with Crippen molar-refractivity contribution in [3.8, 4) is 0 Å². The molecule has 0 saturated heterocycles. The summed E-state index contributed by atoms with van der Waals surface area (Å²) in [7, 11) is 0. The standard InChI is InChI=1S/C29H26ClNO/c1-29(2)17-23-27(24(32)18-29)25(20-13-15-22(30)16-14-20)26(19-9-5-3-6-10-19)28(31-23)21-11-7-4-8-12-21/h3-16,25,31H,17-18H2,1-2H3. The molecule has 1 aliphatic carbocycles. The van der Waals surface area contributed by atoms with E-state index in [-0.39, 0.29) is 17.1 Å². The molecule has 0 amide bonds. The Labute approximate surface area is 194 Å². The van der Waals surface area contributed by atoms with Crippen molar-refractivity contribution in [2.75, 3.05) is 0 Å². The molecule has 0 radical (unpaired) electrons. The van der Waals surface area contributed by atoms with E-state index in [2.05, 4.69) is 79.8 Å². The van der Waals surface area contributed by atoms with Crippen LogP contribution in [0.2, 0.25) is 5.02 Å². The summed E-state index contributed by atoms with van der Waals surface area (Å²) in [5, 5.41) is 4.43. The minimum Gasteiger partial charge on any atom is -0.358 e. The minimum atomic E-state index is -0.148. The fourth-order valence-corrected chi connectivity index (χ4v) is 5.16. The zero-order valence-corrected chi connectivity index (χ0v) is 19.1. The molecule has 2 nitrogen and oxygen atoms in total. The van der Waals surface area contributed by atoms with Crippen LogP contribution in [0.3, 0.4) is 0 Å². The maximum Gasteiger partial charge on any atom is 0.162 e. The molecule has 1 heterocycles. The van der Waals surface area contributed by atoms with Crippen molar-refractivity contribution in [1.82, 2.24) is 5.32 Å². The molecule has 3 aromatic carbocycles. The fraction of sp³-hybridized carbons (Fsp3) is 0.207. The molecule has 0 fully saturated rings. The van der Waals surface area contributed by atoms with Crippen molar-refractivity contribution in [2.24, 2.45) is 5.41 Å². The number of dihydropyridines is 1. The molecule has 0 spiro atoms. The first-order valence-electron chi connectivity index (χ1n) is 11.1. The van der Waals surface area contributed by atoms with Gasteiger partial charge in [-0.05, 0) is 46.2 Å². The molecular formula is C29H26ClNO. The van der Waals surface area contributed by atoms with Gasteiger partial charge < -0.3 is 5.32 Å². The summed E-state index contributed by atoms with van der Waals surface area (Å²) in [4.78, 5) is 13.6. The minimum absolute atomic E-state index is 0.0699. The molecular weight excluding hydrogens is 414 g/mol. The highest BCUT2D eigenvalue weighted by Crippen LogP contribution is 2.51. The third kappa shape index (κ3) is 3.80. The topological polar surface area (TPSA) is 29.1 Å². The van der Waals surface area contributed by atoms with E-state index >= 15 is 0 Å². The summed E-state index contributed by atoms with van der Waals surface area (Å²) >= 11 is 6.23. The number of carbonyl (C=O) groups is 1. The SMILES string of the molecule is CC1(C)CC(=O)C2=C(C1)NC(c1ccccc1)=C(c1ccccc1)C2c1ccc(Cl)cc1. The monoisotopic (exact) mass is 439 g/mol. The molecule has 5 rings (SSSR count). The van der Waals surface area contributed by atoms with E-state index in [1.54, 1.807) is 0 Å². The number of benzene rings is 3. The molecule has 1 N–H and O–H groups in total. The van der Waals surface area contributed by atoms with Gasteiger partial charge in [0.2, 0.25) is 0 Å². The Morgan fingerprint density at radius 1 is 0.781 bits per heavy atom. The predicted octanol–water partition coefficient (Wildman–Crippen LogP) is 7.24. The second-order valence-corrected chi connectivity index (χ2v) is 9.90. The van der Waals surface area contributed by atoms with Crippen LogP contribution in [0, 0.1) is 5.41 Å². The average molecular weight is 440 g/mol. The Morgan fingerprint density at radius 2 is 1.38 bits per heavy atom. The molecule has 0 saturated carbocycles. The van der Waals surface area contributed by atoms with Crippen LogP contribution in [0.5, 0.6) is 0 Å². The quantitative estimate of drug-likeness (QED) is 0.466. The van der Waals surface area contributed by atoms with Crippen molar-refractivity contribution in [3.05, 3.63) is 118 Å². The van der Waals surface area contributed by atoms with Crippen molar-refractivity contribution in [2.45, 2.75) is 32.6 Å². The van der Waals surface area contributed by atoms with E-state index in [4.69, 9.17) is 11.6 Å². The van der Waals surface area contributed by atoms with Crippen molar-refractivity contribution >= 4 is 28.7 Å². The van der Waals surface area contributed by atoms with Crippen molar-refractivity contribution in [3.63, 3.8) is 0 Å². The Bertz CT molecular complexity index is 1220. The number of Topliss-reactive ketones (excluding diaryl/α,β-unsaturated/α-hetero) is 1. The van der Waals surface area contributed by atoms with Gasteiger partial charge in [-0.25, -0.2) is 0 Å². The second-order valence-electron chi connectivity index (χ2n) is 9.46. The Hall–Kier alpha value is -3.10. The molecule has 0 aromatic heterocycles. The number of allylic oxidation sites excluding steroid dienone is 3. The Balaban J connectivity index is 1.81. The van der Waals surface area contributed by atoms with Gasteiger partial charge in [-0.3, -0.25) is 4.79 Å². The summed E-state index contributed by atoms with van der Waals surface area (Å²) in [5.41, 5.74) is 7.39. The van der Waals surface area contributed by atoms with Crippen LogP contribution in [0.1, 0.15) is 49.3 Å². The summed E-state index contributed by atoms with van der Waals surface area (Å²) in [6.07, 6.45) is 1.40. The highest BCUT2D eigenvalue weighted by atomic mass is 35.5. The Kier molecular flexibility index (Phi) is 5.27. The van der Waals surface area contributed by atoms with Gasteiger partial charge in [-0.15, -0.1) is 0 Å². The third-order valence-corrected chi connectivity index (χ3v) is 6.65. The maximum absolute atomic E-state index is 13.6. The summed E-state index contributed by atoms with van der Waals surface area (Å²) in [5.74, 6) is 0.0777. The van der Waals surface area contributed by atoms with Gasteiger partial charge in [-0.2, -0.15) is 0 Å². The average Bonchev–Trinajstić information content (AvgIpc) is 2.79. The van der Waals surface area contributed by atoms with Gasteiger partial charge in [0.05, 0.1) is 5.70 Å². The van der Waals surface area contributed by atoms with Crippen LogP contribution in [-0.4, -0.2) is 5.78 Å². The molecule has 160 valence electrons. The number of hydrogen-bond donors (Lipinski definition) is 1. The van der Waals surface area contributed by atoms with Crippen molar-refractivity contribution in [1.29, 1.82) is 0 Å². The third-order valence-electron chi connectivity index (χ3n) is 6.39. The summed E-state index contributed by atoms with van der Waals surface area (Å²) < 4.78 is 0. The zero-order valence-electron chi connectivity index (χ0n) is 18.4. The zero-order chi connectivity index (χ0) is 22.3. The van der Waals surface area contributed by atoms with Gasteiger partial charge in [0.1, 0.15) is 0 Å². The van der Waals surface area contributed by atoms with Crippen LogP contribution >= 0.6 is 11.6 Å². The van der Waals surface area contributed by atoms with Crippen LogP contribution < -0.4 is 5.32 Å². The lowest BCUT2D eigenvalue weighted by atomic mass is 9.67. The fourth-order valence-electron chi connectivity index (χ4n) is 5.04. The molecule has 3 aromatic rings. The molecule has 0 bridgehead atoms. The first kappa shape index (κ1) is 20.8. The van der Waals surface area contributed by atoms with E-state index in [0.717, 1.165) is 45.7 Å². The number of hydrogen-bond acceptors (Lipinski definition) is 2. The van der Waals surface area contributed by atoms with E-state index in [0.29, 0.717) is 11.4 Å². The maximum atomic E-state index is 13.6. The number of rotatable bonds is 3. The molecule has 32 heavy (non-hydrogen) atoms. The lowest BCUT2D eigenvalue weighted by molar-refractivity contribution is -0.118. The number of carbonyl (C=O) groups excluding carboxylic acids is 1. The lowest BCUT2D eigenvalue weighted by Gasteiger charge is -2.41. The van der Waals surface area contributed by atoms with Gasteiger partial charge in [0.15, 0.2) is 5.78 Å². The molecule has 3 heteroatoms. The summed E-state index contributed by atoms with van der Waals surface area (Å²) in [6, 6.07) is 28.8. The predicted molar refractivity (Wildman–Crippen MR) is 132 cm³/mol. The van der Waals surface area contributed by atoms with Crippen LogP contribution in [0.15, 0.2) is 96.2 Å². The van der Waals surface area contributed by atoms with Crippen molar-refractivity contribution < 1.29 is 4.79 Å². The molecule has 1 atom stereocenters. The largest absolute Gasteiger partial charge is 0.358 e. The van der Waals surface area contributed by atoms with E-state index in [9.17, 15) is 4.79 Å². The van der Waals surface area contributed by atoms with E-state index in [1.807, 2.05) is 24.3 Å². The van der Waals surface area contributed by atoms with Crippen LogP contribution in [0.4, 0.5) is 0 Å². The molecule has 1 unspecified atom stereocenters. The second kappa shape index (κ2) is 8.11. The first-order chi connectivity index (χ1) is 15.4. The van der Waals surface area contributed by atoms with Gasteiger partial charge in [0.25, 0.3) is 0 Å². The summed E-state index contributed by atoms with van der Waals surface area (Å²) in [6.45, 7) is 4.35. The number of halogens is 1. The van der Waals surface area contributed by atoms with Crippen LogP contribution in [0.25, 0.3) is 11.3 Å². The lowest BCUT2D eigenvalue weighted by Crippen LogP contribution is -2.36.